The smallest absolute Gasteiger partial charge is 0.238 e. The number of ether oxygens (including phenoxy) is 1. The van der Waals surface area contributed by atoms with Gasteiger partial charge in [0.05, 0.1) is 6.54 Å². The first kappa shape index (κ1) is 7.06. The Hall–Kier alpha value is -0.610. The molecule has 0 spiro atoms. The van der Waals surface area contributed by atoms with Crippen molar-refractivity contribution in [3.05, 3.63) is 0 Å². The third kappa shape index (κ3) is 0.937. The highest BCUT2D eigenvalue weighted by Crippen LogP contribution is 2.31. The van der Waals surface area contributed by atoms with Gasteiger partial charge in [-0.15, -0.1) is 0 Å². The van der Waals surface area contributed by atoms with E-state index in [1.165, 1.54) is 0 Å². The van der Waals surface area contributed by atoms with Crippen molar-refractivity contribution in [2.45, 2.75) is 19.4 Å². The Kier molecular flexibility index (Phi) is 1.40. The van der Waals surface area contributed by atoms with Crippen molar-refractivity contribution in [2.75, 3.05) is 20.1 Å². The van der Waals surface area contributed by atoms with E-state index in [2.05, 4.69) is 0 Å². The second kappa shape index (κ2) is 2.19. The van der Waals surface area contributed by atoms with E-state index in [1.807, 2.05) is 11.8 Å². The highest BCUT2D eigenvalue weighted by atomic mass is 16.6. The number of likely N-dealkylation sites (N-methyl/N-ethyl adjacent to an activating group) is 2. The van der Waals surface area contributed by atoms with E-state index >= 15 is 0 Å². The molecule has 2 rings (SSSR count). The molecule has 2 saturated heterocycles. The summed E-state index contributed by atoms with van der Waals surface area (Å²) in [6.07, 6.45) is 0.221. The maximum absolute atomic E-state index is 11.2. The second-order valence-corrected chi connectivity index (χ2v) is 2.98. The first-order valence-electron chi connectivity index (χ1n) is 3.89. The molecule has 2 heterocycles. The molecule has 0 radical (unpaired) electrons. The Morgan fingerprint density at radius 3 is 3.00 bits per heavy atom. The summed E-state index contributed by atoms with van der Waals surface area (Å²) in [5.41, 5.74) is 0. The first-order chi connectivity index (χ1) is 5.24. The predicted octanol–water partition coefficient (Wildman–Crippen LogP) is -0.537. The SMILES string of the molecule is CCN1CC(=O)N(C)C2OC21. The van der Waals surface area contributed by atoms with Crippen LogP contribution in [0.25, 0.3) is 0 Å². The van der Waals surface area contributed by atoms with Crippen LogP contribution in [0.1, 0.15) is 6.92 Å². The van der Waals surface area contributed by atoms with Gasteiger partial charge in [-0.2, -0.15) is 0 Å². The van der Waals surface area contributed by atoms with E-state index in [4.69, 9.17) is 4.74 Å². The van der Waals surface area contributed by atoms with E-state index in [9.17, 15) is 4.79 Å². The number of carbonyl (C=O) groups is 1. The van der Waals surface area contributed by atoms with E-state index in [0.717, 1.165) is 6.54 Å². The average molecular weight is 156 g/mol. The quantitative estimate of drug-likeness (QED) is 0.478. The summed E-state index contributed by atoms with van der Waals surface area (Å²) in [5, 5.41) is 0. The molecule has 0 aromatic carbocycles. The molecule has 4 nitrogen and oxygen atoms in total. The minimum Gasteiger partial charge on any atom is -0.331 e. The van der Waals surface area contributed by atoms with Crippen LogP contribution in [-0.4, -0.2) is 48.3 Å². The monoisotopic (exact) mass is 156 g/mol. The molecule has 11 heavy (non-hydrogen) atoms. The number of carbonyl (C=O) groups excluding carboxylic acids is 1. The van der Waals surface area contributed by atoms with Crippen molar-refractivity contribution < 1.29 is 9.53 Å². The second-order valence-electron chi connectivity index (χ2n) is 2.98. The molecule has 2 aliphatic heterocycles. The molecule has 0 bridgehead atoms. The zero-order valence-electron chi connectivity index (χ0n) is 6.78. The molecule has 1 amide bonds. The number of fused-ring (bicyclic) bond motifs is 1. The van der Waals surface area contributed by atoms with Gasteiger partial charge in [-0.1, -0.05) is 6.92 Å². The van der Waals surface area contributed by atoms with Crippen LogP contribution in [0.5, 0.6) is 0 Å². The van der Waals surface area contributed by atoms with Crippen molar-refractivity contribution >= 4 is 5.91 Å². The Balaban J connectivity index is 2.07. The Morgan fingerprint density at radius 2 is 2.36 bits per heavy atom. The van der Waals surface area contributed by atoms with Crippen LogP contribution in [0.4, 0.5) is 0 Å². The van der Waals surface area contributed by atoms with Gasteiger partial charge in [0, 0.05) is 7.05 Å². The molecule has 0 aromatic heterocycles. The van der Waals surface area contributed by atoms with Crippen LogP contribution in [0.2, 0.25) is 0 Å². The van der Waals surface area contributed by atoms with Gasteiger partial charge in [0.15, 0.2) is 12.5 Å². The summed E-state index contributed by atoms with van der Waals surface area (Å²) in [6, 6.07) is 0. The molecule has 4 heteroatoms. The number of amides is 1. The van der Waals surface area contributed by atoms with Crippen LogP contribution in [0.15, 0.2) is 0 Å². The number of epoxide rings is 1. The van der Waals surface area contributed by atoms with Crippen LogP contribution >= 0.6 is 0 Å². The molecule has 2 aliphatic rings. The van der Waals surface area contributed by atoms with Gasteiger partial charge < -0.3 is 9.64 Å². The molecule has 2 fully saturated rings. The zero-order chi connectivity index (χ0) is 8.01. The highest BCUT2D eigenvalue weighted by Gasteiger charge is 2.51. The highest BCUT2D eigenvalue weighted by molar-refractivity contribution is 5.79. The summed E-state index contributed by atoms with van der Waals surface area (Å²) in [5.74, 6) is 0.158. The lowest BCUT2D eigenvalue weighted by Gasteiger charge is -2.26. The lowest BCUT2D eigenvalue weighted by atomic mass is 10.3. The molecule has 0 saturated carbocycles. The fraction of sp³-hybridized carbons (Fsp3) is 0.857. The Bertz CT molecular complexity index is 195. The van der Waals surface area contributed by atoms with Crippen molar-refractivity contribution in [3.63, 3.8) is 0 Å². The third-order valence-corrected chi connectivity index (χ3v) is 2.33. The summed E-state index contributed by atoms with van der Waals surface area (Å²) in [7, 11) is 1.79. The summed E-state index contributed by atoms with van der Waals surface area (Å²) < 4.78 is 5.30. The van der Waals surface area contributed by atoms with Crippen LogP contribution in [0.3, 0.4) is 0 Å². The van der Waals surface area contributed by atoms with Gasteiger partial charge in [-0.3, -0.25) is 9.69 Å². The molecule has 2 atom stereocenters. The summed E-state index contributed by atoms with van der Waals surface area (Å²) >= 11 is 0. The molecular weight excluding hydrogens is 144 g/mol. The van der Waals surface area contributed by atoms with Crippen molar-refractivity contribution in [1.82, 2.24) is 9.80 Å². The standard InChI is InChI=1S/C7H12N2O2/c1-3-9-4-5(10)8(2)6-7(9)11-6/h6-7H,3-4H2,1-2H3. The molecule has 62 valence electrons. The van der Waals surface area contributed by atoms with Gasteiger partial charge in [0.2, 0.25) is 5.91 Å². The van der Waals surface area contributed by atoms with E-state index < -0.39 is 0 Å². The van der Waals surface area contributed by atoms with Gasteiger partial charge in [-0.25, -0.2) is 0 Å². The molecule has 0 aromatic rings. The number of piperazine rings is 1. The van der Waals surface area contributed by atoms with Crippen molar-refractivity contribution in [1.29, 1.82) is 0 Å². The van der Waals surface area contributed by atoms with Crippen LogP contribution in [0, 0.1) is 0 Å². The third-order valence-electron chi connectivity index (χ3n) is 2.33. The Labute approximate surface area is 65.7 Å². The lowest BCUT2D eigenvalue weighted by molar-refractivity contribution is -0.134. The minimum atomic E-state index is 0.0381. The fourth-order valence-corrected chi connectivity index (χ4v) is 1.46. The maximum Gasteiger partial charge on any atom is 0.238 e. The number of hydrogen-bond donors (Lipinski definition) is 0. The summed E-state index contributed by atoms with van der Waals surface area (Å²) in [4.78, 5) is 14.9. The zero-order valence-corrected chi connectivity index (χ0v) is 6.78. The lowest BCUT2D eigenvalue weighted by Crippen LogP contribution is -2.48. The van der Waals surface area contributed by atoms with Gasteiger partial charge in [0.1, 0.15) is 0 Å². The topological polar surface area (TPSA) is 36.1 Å². The van der Waals surface area contributed by atoms with Gasteiger partial charge in [0.25, 0.3) is 0 Å². The molecule has 2 unspecified atom stereocenters. The van der Waals surface area contributed by atoms with Crippen molar-refractivity contribution in [2.24, 2.45) is 0 Å². The maximum atomic E-state index is 11.2. The van der Waals surface area contributed by atoms with E-state index in [1.54, 1.807) is 11.9 Å². The molecule has 0 aliphatic carbocycles. The number of hydrogen-bond acceptors (Lipinski definition) is 3. The van der Waals surface area contributed by atoms with E-state index in [0.29, 0.717) is 6.54 Å². The first-order valence-corrected chi connectivity index (χ1v) is 3.89. The minimum absolute atomic E-state index is 0.0381. The average Bonchev–Trinajstić information content (AvgIpc) is 2.76. The van der Waals surface area contributed by atoms with Gasteiger partial charge >= 0.3 is 0 Å². The molecule has 0 N–H and O–H groups in total. The largest absolute Gasteiger partial charge is 0.331 e. The number of nitrogens with zero attached hydrogens (tertiary/aromatic N) is 2. The van der Waals surface area contributed by atoms with Gasteiger partial charge in [-0.05, 0) is 6.54 Å². The molecular formula is C7H12N2O2. The Morgan fingerprint density at radius 1 is 1.64 bits per heavy atom. The number of rotatable bonds is 1. The summed E-state index contributed by atoms with van der Waals surface area (Å²) in [6.45, 7) is 3.44. The van der Waals surface area contributed by atoms with Crippen LogP contribution in [-0.2, 0) is 9.53 Å². The fourth-order valence-electron chi connectivity index (χ4n) is 1.46. The van der Waals surface area contributed by atoms with Crippen molar-refractivity contribution in [3.8, 4) is 0 Å². The van der Waals surface area contributed by atoms with Crippen LogP contribution < -0.4 is 0 Å². The van der Waals surface area contributed by atoms with E-state index in [-0.39, 0.29) is 18.4 Å². The normalized spacial score (nSPS) is 37.3. The predicted molar refractivity (Wildman–Crippen MR) is 38.7 cm³/mol.